The Morgan fingerprint density at radius 3 is 2.41 bits per heavy atom. The van der Waals surface area contributed by atoms with Gasteiger partial charge in [-0.25, -0.2) is 18.1 Å². The number of sulfonamides is 1. The summed E-state index contributed by atoms with van der Waals surface area (Å²) in [7, 11) is -3.81. The Bertz CT molecular complexity index is 1640. The van der Waals surface area contributed by atoms with Crippen molar-refractivity contribution in [3.8, 4) is 0 Å². The first-order chi connectivity index (χ1) is 19.8. The monoisotopic (exact) mass is 571 g/mol. The summed E-state index contributed by atoms with van der Waals surface area (Å²) in [6, 6.07) is 25.9. The number of para-hydroxylation sites is 2. The third kappa shape index (κ3) is 5.66. The number of piperidine rings is 1. The van der Waals surface area contributed by atoms with Crippen LogP contribution in [0.15, 0.2) is 83.8 Å². The summed E-state index contributed by atoms with van der Waals surface area (Å²) >= 11 is 0. The lowest BCUT2D eigenvalue weighted by Crippen LogP contribution is -2.44. The lowest BCUT2D eigenvalue weighted by atomic mass is 9.93. The van der Waals surface area contributed by atoms with E-state index in [2.05, 4.69) is 51.4 Å². The molecule has 41 heavy (non-hydrogen) atoms. The molecule has 1 aromatic heterocycles. The zero-order chi connectivity index (χ0) is 28.6. The predicted molar refractivity (Wildman–Crippen MR) is 160 cm³/mol. The summed E-state index contributed by atoms with van der Waals surface area (Å²) in [6.45, 7) is 3.31. The molecule has 3 atom stereocenters. The molecule has 2 bridgehead atoms. The first kappa shape index (κ1) is 27.6. The van der Waals surface area contributed by atoms with Crippen molar-refractivity contribution in [2.24, 2.45) is 5.73 Å². The summed E-state index contributed by atoms with van der Waals surface area (Å²) in [6.07, 6.45) is 5.46. The Labute approximate surface area is 241 Å². The molecule has 3 unspecified atom stereocenters. The molecule has 214 valence electrons. The maximum Gasteiger partial charge on any atom is 0.248 e. The number of imidazole rings is 1. The highest BCUT2D eigenvalue weighted by Gasteiger charge is 2.41. The molecule has 3 heterocycles. The molecule has 0 radical (unpaired) electrons. The average molecular weight is 572 g/mol. The van der Waals surface area contributed by atoms with Gasteiger partial charge in [-0.15, -0.1) is 0 Å². The average Bonchev–Trinajstić information content (AvgIpc) is 3.43. The number of aromatic nitrogens is 2. The van der Waals surface area contributed by atoms with E-state index in [9.17, 15) is 13.2 Å². The van der Waals surface area contributed by atoms with Crippen LogP contribution in [-0.4, -0.2) is 53.9 Å². The normalized spacial score (nSPS) is 21.7. The van der Waals surface area contributed by atoms with Crippen LogP contribution in [0, 0.1) is 6.92 Å². The highest BCUT2D eigenvalue weighted by molar-refractivity contribution is 7.89. The predicted octanol–water partition coefficient (Wildman–Crippen LogP) is 4.76. The molecule has 2 aliphatic rings. The molecular weight excluding hydrogens is 534 g/mol. The topological polar surface area (TPSA) is 110 Å². The molecule has 0 saturated carbocycles. The number of fused-ring (bicyclic) bond motifs is 3. The highest BCUT2D eigenvalue weighted by Crippen LogP contribution is 2.42. The quantitative estimate of drug-likeness (QED) is 0.285. The molecule has 3 aromatic carbocycles. The van der Waals surface area contributed by atoms with Crippen LogP contribution in [0.5, 0.6) is 0 Å². The third-order valence-corrected chi connectivity index (χ3v) is 10.4. The zero-order valence-corrected chi connectivity index (χ0v) is 24.1. The van der Waals surface area contributed by atoms with Gasteiger partial charge in [-0.05, 0) is 87.4 Å². The van der Waals surface area contributed by atoms with E-state index in [1.54, 1.807) is 0 Å². The number of carbonyl (C=O) groups is 1. The first-order valence-corrected chi connectivity index (χ1v) is 15.9. The Kier molecular flexibility index (Phi) is 7.68. The molecule has 2 saturated heterocycles. The first-order valence-electron chi connectivity index (χ1n) is 14.4. The smallest absolute Gasteiger partial charge is 0.248 e. The van der Waals surface area contributed by atoms with E-state index in [0.717, 1.165) is 42.7 Å². The fourth-order valence-electron chi connectivity index (χ4n) is 6.97. The number of nitrogens with zero attached hydrogens (tertiary/aromatic N) is 3. The van der Waals surface area contributed by atoms with Crippen LogP contribution >= 0.6 is 0 Å². The Morgan fingerprint density at radius 1 is 0.976 bits per heavy atom. The van der Waals surface area contributed by atoms with Gasteiger partial charge in [0.2, 0.25) is 15.9 Å². The summed E-state index contributed by atoms with van der Waals surface area (Å²) in [5.74, 6) is 0.447. The molecule has 1 amide bonds. The second kappa shape index (κ2) is 11.4. The van der Waals surface area contributed by atoms with Gasteiger partial charge in [0.05, 0.1) is 15.9 Å². The van der Waals surface area contributed by atoms with Crippen LogP contribution in [0.4, 0.5) is 0 Å². The second-order valence-electron chi connectivity index (χ2n) is 11.4. The number of amides is 1. The SMILES string of the molecule is Cc1nc2ccccc2n1C1CC2CCC(C1)N2CCC(CNS(=O)(=O)c1cccc(C(N)=O)c1)c1ccccc1. The Morgan fingerprint density at radius 2 is 1.68 bits per heavy atom. The van der Waals surface area contributed by atoms with Crippen LogP contribution in [0.2, 0.25) is 0 Å². The molecule has 2 fully saturated rings. The third-order valence-electron chi connectivity index (χ3n) is 8.95. The zero-order valence-electron chi connectivity index (χ0n) is 23.3. The molecule has 0 aliphatic carbocycles. The minimum atomic E-state index is -3.81. The van der Waals surface area contributed by atoms with Gasteiger partial charge in [0.15, 0.2) is 0 Å². The van der Waals surface area contributed by atoms with Crippen LogP contribution in [-0.2, 0) is 10.0 Å². The summed E-state index contributed by atoms with van der Waals surface area (Å²) < 4.78 is 31.6. The maximum absolute atomic E-state index is 13.2. The number of nitrogens with two attached hydrogens (primary N) is 1. The lowest BCUT2D eigenvalue weighted by Gasteiger charge is -2.40. The van der Waals surface area contributed by atoms with Crippen molar-refractivity contribution < 1.29 is 13.2 Å². The number of carbonyl (C=O) groups excluding carboxylic acids is 1. The van der Waals surface area contributed by atoms with E-state index in [4.69, 9.17) is 10.7 Å². The number of primary amides is 1. The van der Waals surface area contributed by atoms with Gasteiger partial charge in [-0.2, -0.15) is 0 Å². The number of hydrogen-bond acceptors (Lipinski definition) is 5. The van der Waals surface area contributed by atoms with E-state index in [0.29, 0.717) is 18.1 Å². The minimum absolute atomic E-state index is 0.0160. The maximum atomic E-state index is 13.2. The molecule has 4 aromatic rings. The standard InChI is InChI=1S/C32H37N5O3S/c1-22-35-30-12-5-6-13-31(30)37(22)28-19-26-14-15-27(20-28)36(26)17-16-25(23-8-3-2-4-9-23)21-34-41(39,40)29-11-7-10-24(18-29)32(33)38/h2-13,18,25-28,34H,14-17,19-21H2,1H3,(H2,33,38). The van der Waals surface area contributed by atoms with Crippen molar-refractivity contribution in [3.63, 3.8) is 0 Å². The largest absolute Gasteiger partial charge is 0.366 e. The second-order valence-corrected chi connectivity index (χ2v) is 13.2. The van der Waals surface area contributed by atoms with Crippen molar-refractivity contribution in [2.45, 2.75) is 68.0 Å². The molecule has 8 nitrogen and oxygen atoms in total. The van der Waals surface area contributed by atoms with Crippen LogP contribution < -0.4 is 10.5 Å². The highest BCUT2D eigenvalue weighted by atomic mass is 32.2. The molecular formula is C32H37N5O3S. The van der Waals surface area contributed by atoms with Crippen LogP contribution in [0.1, 0.15) is 65.8 Å². The van der Waals surface area contributed by atoms with E-state index in [1.807, 2.05) is 24.3 Å². The van der Waals surface area contributed by atoms with Gasteiger partial charge >= 0.3 is 0 Å². The van der Waals surface area contributed by atoms with Crippen molar-refractivity contribution in [1.29, 1.82) is 0 Å². The van der Waals surface area contributed by atoms with Gasteiger partial charge in [-0.1, -0.05) is 48.5 Å². The van der Waals surface area contributed by atoms with Gasteiger partial charge in [0.1, 0.15) is 5.82 Å². The van der Waals surface area contributed by atoms with Gasteiger partial charge in [0, 0.05) is 30.2 Å². The number of nitrogens with one attached hydrogen (secondary N) is 1. The molecule has 9 heteroatoms. The van der Waals surface area contributed by atoms with Crippen molar-refractivity contribution in [3.05, 3.63) is 95.8 Å². The van der Waals surface area contributed by atoms with Crippen molar-refractivity contribution in [1.82, 2.24) is 19.2 Å². The number of benzene rings is 3. The van der Waals surface area contributed by atoms with E-state index >= 15 is 0 Å². The van der Waals surface area contributed by atoms with Gasteiger partial charge in [0.25, 0.3) is 0 Å². The fraction of sp³-hybridized carbons (Fsp3) is 0.375. The molecule has 6 rings (SSSR count). The Balaban J connectivity index is 1.15. The van der Waals surface area contributed by atoms with Crippen LogP contribution in [0.3, 0.4) is 0 Å². The molecule has 0 spiro atoms. The summed E-state index contributed by atoms with van der Waals surface area (Å²) in [4.78, 5) is 19.1. The van der Waals surface area contributed by atoms with Crippen molar-refractivity contribution >= 4 is 27.0 Å². The van der Waals surface area contributed by atoms with Crippen LogP contribution in [0.25, 0.3) is 11.0 Å². The van der Waals surface area contributed by atoms with Gasteiger partial charge < -0.3 is 10.3 Å². The number of hydrogen-bond donors (Lipinski definition) is 2. The van der Waals surface area contributed by atoms with E-state index in [1.165, 1.54) is 42.6 Å². The van der Waals surface area contributed by atoms with Gasteiger partial charge in [-0.3, -0.25) is 9.69 Å². The number of rotatable bonds is 10. The summed E-state index contributed by atoms with van der Waals surface area (Å²) in [5.41, 5.74) is 8.94. The molecule has 2 aliphatic heterocycles. The summed E-state index contributed by atoms with van der Waals surface area (Å²) in [5, 5.41) is 0. The van der Waals surface area contributed by atoms with E-state index in [-0.39, 0.29) is 22.9 Å². The fourth-order valence-corrected chi connectivity index (χ4v) is 8.10. The van der Waals surface area contributed by atoms with E-state index < -0.39 is 15.9 Å². The number of aryl methyl sites for hydroxylation is 1. The minimum Gasteiger partial charge on any atom is -0.366 e. The Hall–Kier alpha value is -3.53. The van der Waals surface area contributed by atoms with Crippen molar-refractivity contribution in [2.75, 3.05) is 13.1 Å². The lowest BCUT2D eigenvalue weighted by molar-refractivity contribution is 0.1000. The molecule has 3 N–H and O–H groups in total.